The zero-order valence-electron chi connectivity index (χ0n) is 5.60. The van der Waals surface area contributed by atoms with Gasteiger partial charge in [-0.05, 0) is 12.1 Å². The average molecular weight is 136 g/mol. The highest BCUT2D eigenvalue weighted by Crippen LogP contribution is 1.95. The van der Waals surface area contributed by atoms with Crippen LogP contribution in [-0.2, 0) is 0 Å². The van der Waals surface area contributed by atoms with Gasteiger partial charge < -0.3 is 0 Å². The first-order valence-corrected chi connectivity index (χ1v) is 2.95. The molecule has 0 atom stereocenters. The van der Waals surface area contributed by atoms with Crippen molar-refractivity contribution >= 4 is 19.6 Å². The summed E-state index contributed by atoms with van der Waals surface area (Å²) in [6.07, 6.45) is 0.701. The summed E-state index contributed by atoms with van der Waals surface area (Å²) in [5.41, 5.74) is 1.02. The second-order valence-electron chi connectivity index (χ2n) is 2.13. The summed E-state index contributed by atoms with van der Waals surface area (Å²) in [6.45, 7) is 0. The van der Waals surface area contributed by atoms with Gasteiger partial charge in [-0.1, -0.05) is 11.5 Å². The van der Waals surface area contributed by atoms with Crippen molar-refractivity contribution in [1.82, 2.24) is 0 Å². The van der Waals surface area contributed by atoms with E-state index < -0.39 is 0 Å². The third-order valence-electron chi connectivity index (χ3n) is 1.32. The molecule has 50 valence electrons. The lowest BCUT2D eigenvalue weighted by Gasteiger charge is -1.94. The lowest BCUT2D eigenvalue weighted by atomic mass is 9.94. The first-order valence-electron chi connectivity index (χ1n) is 2.95. The summed E-state index contributed by atoms with van der Waals surface area (Å²) in [7, 11) is 1.63. The average Bonchev–Trinajstić information content (AvgIpc) is 1.95. The quantitative estimate of drug-likeness (QED) is 0.389. The van der Waals surface area contributed by atoms with Gasteiger partial charge in [0.25, 0.3) is 0 Å². The number of rotatable bonds is 1. The van der Waals surface area contributed by atoms with Gasteiger partial charge in [0, 0.05) is 5.56 Å². The maximum absolute atomic E-state index is 12.5. The molecule has 0 aliphatic heterocycles. The summed E-state index contributed by atoms with van der Waals surface area (Å²) < 4.78 is 12.5. The smallest absolute Gasteiger partial charge is 0.150 e. The predicted octanol–water partition coefficient (Wildman–Crippen LogP) is -0.103. The van der Waals surface area contributed by atoms with E-state index in [1.807, 2.05) is 0 Å². The first kappa shape index (κ1) is 7.00. The van der Waals surface area contributed by atoms with E-state index in [1.165, 1.54) is 18.2 Å². The minimum atomic E-state index is -0.273. The van der Waals surface area contributed by atoms with Crippen molar-refractivity contribution in [2.24, 2.45) is 0 Å². The van der Waals surface area contributed by atoms with Gasteiger partial charge in [0.2, 0.25) is 0 Å². The first-order chi connectivity index (χ1) is 4.74. The molecule has 0 fully saturated rings. The highest BCUT2D eigenvalue weighted by Gasteiger charge is 1.95. The molecule has 0 aliphatic rings. The molecule has 1 aromatic carbocycles. The normalized spacial score (nSPS) is 9.30. The lowest BCUT2D eigenvalue weighted by molar-refractivity contribution is 0.112. The Hall–Kier alpha value is -1.12. The van der Waals surface area contributed by atoms with Crippen molar-refractivity contribution in [1.29, 1.82) is 0 Å². The summed E-state index contributed by atoms with van der Waals surface area (Å²) in [5, 5.41) is 0. The summed E-state index contributed by atoms with van der Waals surface area (Å²) in [6, 6.07) is 4.26. The Morgan fingerprint density at radius 1 is 1.50 bits per heavy atom. The standard InChI is InChI=1S/C7H6BFO/c8-6-3-5(4-10)1-2-7(6)9/h1-4H,8H2. The van der Waals surface area contributed by atoms with Gasteiger partial charge in [-0.25, -0.2) is 4.39 Å². The van der Waals surface area contributed by atoms with E-state index in [4.69, 9.17) is 0 Å². The molecule has 0 saturated heterocycles. The molecule has 0 bridgehead atoms. The van der Waals surface area contributed by atoms with E-state index in [0.29, 0.717) is 17.3 Å². The van der Waals surface area contributed by atoms with Gasteiger partial charge in [0.15, 0.2) is 0 Å². The van der Waals surface area contributed by atoms with Crippen molar-refractivity contribution in [2.75, 3.05) is 0 Å². The second kappa shape index (κ2) is 2.65. The molecule has 0 heterocycles. The molecule has 0 aromatic heterocycles. The fourth-order valence-electron chi connectivity index (χ4n) is 0.741. The number of hydrogen-bond acceptors (Lipinski definition) is 1. The lowest BCUT2D eigenvalue weighted by Crippen LogP contribution is -2.08. The molecule has 0 N–H and O–H groups in total. The Labute approximate surface area is 59.3 Å². The van der Waals surface area contributed by atoms with Crippen LogP contribution in [0.15, 0.2) is 18.2 Å². The number of halogens is 1. The highest BCUT2D eigenvalue weighted by atomic mass is 19.1. The molecular formula is C7H6BFO. The zero-order chi connectivity index (χ0) is 7.56. The van der Waals surface area contributed by atoms with Gasteiger partial charge in [-0.2, -0.15) is 0 Å². The van der Waals surface area contributed by atoms with Crippen molar-refractivity contribution in [2.45, 2.75) is 0 Å². The Morgan fingerprint density at radius 2 is 2.20 bits per heavy atom. The van der Waals surface area contributed by atoms with E-state index >= 15 is 0 Å². The molecule has 3 heteroatoms. The number of carbonyl (C=O) groups excluding carboxylic acids is 1. The maximum atomic E-state index is 12.5. The van der Waals surface area contributed by atoms with E-state index in [-0.39, 0.29) is 5.82 Å². The van der Waals surface area contributed by atoms with Gasteiger partial charge in [0.1, 0.15) is 19.9 Å². The Morgan fingerprint density at radius 3 is 2.70 bits per heavy atom. The Bertz CT molecular complexity index is 260. The summed E-state index contributed by atoms with van der Waals surface area (Å²) >= 11 is 0. The van der Waals surface area contributed by atoms with Crippen LogP contribution in [0.4, 0.5) is 4.39 Å². The van der Waals surface area contributed by atoms with E-state index in [1.54, 1.807) is 7.85 Å². The molecule has 10 heavy (non-hydrogen) atoms. The molecular weight excluding hydrogens is 130 g/mol. The fraction of sp³-hybridized carbons (Fsp3) is 0. The largest absolute Gasteiger partial charge is 0.298 e. The minimum absolute atomic E-state index is 0.273. The summed E-state index contributed by atoms with van der Waals surface area (Å²) in [4.78, 5) is 10.1. The molecule has 1 nitrogen and oxygen atoms in total. The van der Waals surface area contributed by atoms with Crippen LogP contribution in [0.25, 0.3) is 0 Å². The molecule has 0 amide bonds. The van der Waals surface area contributed by atoms with Gasteiger partial charge in [0.05, 0.1) is 0 Å². The van der Waals surface area contributed by atoms with Crippen LogP contribution in [0.5, 0.6) is 0 Å². The number of aldehydes is 1. The van der Waals surface area contributed by atoms with E-state index in [9.17, 15) is 9.18 Å². The van der Waals surface area contributed by atoms with Gasteiger partial charge >= 0.3 is 0 Å². The monoisotopic (exact) mass is 136 g/mol. The SMILES string of the molecule is Bc1cc(C=O)ccc1F. The number of hydrogen-bond donors (Lipinski definition) is 0. The van der Waals surface area contributed by atoms with Crippen LogP contribution >= 0.6 is 0 Å². The minimum Gasteiger partial charge on any atom is -0.298 e. The fourth-order valence-corrected chi connectivity index (χ4v) is 0.741. The van der Waals surface area contributed by atoms with Crippen LogP contribution in [0, 0.1) is 5.82 Å². The second-order valence-corrected chi connectivity index (χ2v) is 2.13. The van der Waals surface area contributed by atoms with E-state index in [2.05, 4.69) is 0 Å². The van der Waals surface area contributed by atoms with Crippen LogP contribution in [0.1, 0.15) is 10.4 Å². The van der Waals surface area contributed by atoms with Crippen LogP contribution < -0.4 is 5.46 Å². The van der Waals surface area contributed by atoms with Gasteiger partial charge in [-0.15, -0.1) is 0 Å². The Balaban J connectivity index is 3.16. The molecule has 1 rings (SSSR count). The van der Waals surface area contributed by atoms with Crippen molar-refractivity contribution in [3.63, 3.8) is 0 Å². The van der Waals surface area contributed by atoms with Crippen LogP contribution in [0.3, 0.4) is 0 Å². The zero-order valence-corrected chi connectivity index (χ0v) is 5.60. The number of carbonyl (C=O) groups is 1. The third-order valence-corrected chi connectivity index (χ3v) is 1.32. The topological polar surface area (TPSA) is 17.1 Å². The van der Waals surface area contributed by atoms with Crippen LogP contribution in [0.2, 0.25) is 0 Å². The molecule has 0 saturated carbocycles. The molecule has 0 spiro atoms. The highest BCUT2D eigenvalue weighted by molar-refractivity contribution is 6.32. The van der Waals surface area contributed by atoms with Crippen molar-refractivity contribution < 1.29 is 9.18 Å². The molecule has 0 radical (unpaired) electrons. The van der Waals surface area contributed by atoms with Crippen LogP contribution in [-0.4, -0.2) is 14.1 Å². The molecule has 0 aliphatic carbocycles. The van der Waals surface area contributed by atoms with Crippen molar-refractivity contribution in [3.8, 4) is 0 Å². The van der Waals surface area contributed by atoms with Gasteiger partial charge in [-0.3, -0.25) is 4.79 Å². The molecule has 1 aromatic rings. The number of benzene rings is 1. The third kappa shape index (κ3) is 1.24. The summed E-state index contributed by atoms with van der Waals surface area (Å²) in [5.74, 6) is -0.273. The Kier molecular flexibility index (Phi) is 1.85. The van der Waals surface area contributed by atoms with Crippen molar-refractivity contribution in [3.05, 3.63) is 29.6 Å². The maximum Gasteiger partial charge on any atom is 0.150 e. The predicted molar refractivity (Wildman–Crippen MR) is 40.0 cm³/mol. The molecule has 0 unspecified atom stereocenters. The van der Waals surface area contributed by atoms with E-state index in [0.717, 1.165) is 0 Å².